The zero-order valence-electron chi connectivity index (χ0n) is 22.0. The fraction of sp³-hybridized carbons (Fsp3) is 0.741. The number of primary amides is 1. The lowest BCUT2D eigenvalue weighted by molar-refractivity contribution is -0.125. The summed E-state index contributed by atoms with van der Waals surface area (Å²) in [6, 6.07) is -1.45. The van der Waals surface area contributed by atoms with E-state index >= 15 is 0 Å². The minimum absolute atomic E-state index is 0.0115. The van der Waals surface area contributed by atoms with Crippen LogP contribution in [0.4, 0.5) is 9.18 Å². The average Bonchev–Trinajstić information content (AvgIpc) is 3.47. The maximum atomic E-state index is 14.5. The number of likely N-dealkylation sites (tertiary alicyclic amines) is 1. The molecule has 1 heterocycles. The van der Waals surface area contributed by atoms with Crippen LogP contribution < -0.4 is 16.4 Å². The Morgan fingerprint density at radius 3 is 2.31 bits per heavy atom. The first-order chi connectivity index (χ1) is 16.9. The van der Waals surface area contributed by atoms with Crippen molar-refractivity contribution in [3.63, 3.8) is 0 Å². The zero-order valence-corrected chi connectivity index (χ0v) is 22.0. The van der Waals surface area contributed by atoms with E-state index in [0.29, 0.717) is 56.7 Å². The average molecular weight is 507 g/mol. The van der Waals surface area contributed by atoms with Crippen molar-refractivity contribution in [2.24, 2.45) is 17.6 Å². The van der Waals surface area contributed by atoms with E-state index in [-0.39, 0.29) is 23.5 Å². The highest BCUT2D eigenvalue weighted by Gasteiger charge is 2.41. The molecule has 0 aromatic rings. The normalized spacial score (nSPS) is 27.8. The van der Waals surface area contributed by atoms with Gasteiger partial charge in [0.05, 0.1) is 18.2 Å². The van der Waals surface area contributed by atoms with Gasteiger partial charge >= 0.3 is 6.09 Å². The van der Waals surface area contributed by atoms with Crippen molar-refractivity contribution in [3.05, 3.63) is 24.4 Å². The molecule has 0 aromatic heterocycles. The smallest absolute Gasteiger partial charge is 0.407 e. The SMILES string of the molecule is C=C(C(N)=O)C(CC1CC1)NC(=O)C1CCCN1C(=C)C(NC(=O)OC(C)C)C1CCC(C)(F)CC1. The van der Waals surface area contributed by atoms with Crippen LogP contribution in [0.2, 0.25) is 0 Å². The first-order valence-corrected chi connectivity index (χ1v) is 13.3. The number of alkyl halides is 1. The van der Waals surface area contributed by atoms with Gasteiger partial charge in [-0.3, -0.25) is 9.59 Å². The first-order valence-electron chi connectivity index (χ1n) is 13.3. The van der Waals surface area contributed by atoms with Gasteiger partial charge < -0.3 is 26.0 Å². The second-order valence-corrected chi connectivity index (χ2v) is 11.3. The number of halogens is 1. The van der Waals surface area contributed by atoms with E-state index in [1.165, 1.54) is 0 Å². The third-order valence-electron chi connectivity index (χ3n) is 7.76. The van der Waals surface area contributed by atoms with E-state index < -0.39 is 35.8 Å². The van der Waals surface area contributed by atoms with Crippen molar-refractivity contribution in [1.82, 2.24) is 15.5 Å². The van der Waals surface area contributed by atoms with Gasteiger partial charge in [-0.25, -0.2) is 9.18 Å². The summed E-state index contributed by atoms with van der Waals surface area (Å²) in [5.74, 6) is -0.361. The Balaban J connectivity index is 1.74. The molecule has 8 nitrogen and oxygen atoms in total. The molecule has 0 bridgehead atoms. The summed E-state index contributed by atoms with van der Waals surface area (Å²) in [6.45, 7) is 13.9. The van der Waals surface area contributed by atoms with E-state index in [1.807, 2.05) is 4.90 Å². The molecule has 3 fully saturated rings. The molecule has 2 saturated carbocycles. The van der Waals surface area contributed by atoms with Crippen LogP contribution in [0.15, 0.2) is 24.4 Å². The highest BCUT2D eigenvalue weighted by atomic mass is 19.1. The number of amides is 3. The van der Waals surface area contributed by atoms with Crippen molar-refractivity contribution in [1.29, 1.82) is 0 Å². The van der Waals surface area contributed by atoms with Crippen molar-refractivity contribution < 1.29 is 23.5 Å². The predicted octanol–water partition coefficient (Wildman–Crippen LogP) is 3.71. The third-order valence-corrected chi connectivity index (χ3v) is 7.76. The molecule has 3 aliphatic rings. The standard InChI is InChI=1S/C27H43FN4O4/c1-16(2)36-26(35)31-23(20-10-12-27(5,28)13-11-20)18(4)32-14-6-7-22(32)25(34)30-21(15-19-8-9-19)17(3)24(29)33/h16,19-23H,3-4,6-15H2,1-2,5H3,(H2,29,33)(H,30,34)(H,31,35). The van der Waals surface area contributed by atoms with E-state index in [0.717, 1.165) is 19.3 Å². The number of nitrogens with two attached hydrogens (primary N) is 1. The van der Waals surface area contributed by atoms with Crippen molar-refractivity contribution in [2.75, 3.05) is 6.54 Å². The minimum atomic E-state index is -1.21. The topological polar surface area (TPSA) is 114 Å². The van der Waals surface area contributed by atoms with Gasteiger partial charge in [0.2, 0.25) is 11.8 Å². The number of carbonyl (C=O) groups excluding carboxylic acids is 3. The van der Waals surface area contributed by atoms with Crippen LogP contribution in [0.5, 0.6) is 0 Å². The summed E-state index contributed by atoms with van der Waals surface area (Å²) in [5.41, 5.74) is 5.10. The zero-order chi connectivity index (χ0) is 26.6. The van der Waals surface area contributed by atoms with Gasteiger partial charge in [0, 0.05) is 17.8 Å². The summed E-state index contributed by atoms with van der Waals surface area (Å²) in [6.07, 6.45) is 5.40. The van der Waals surface area contributed by atoms with Crippen molar-refractivity contribution in [3.8, 4) is 0 Å². The quantitative estimate of drug-likeness (QED) is 0.370. The number of alkyl carbamates (subject to hydrolysis) is 1. The summed E-state index contributed by atoms with van der Waals surface area (Å²) >= 11 is 0. The lowest BCUT2D eigenvalue weighted by Gasteiger charge is -2.40. The lowest BCUT2D eigenvalue weighted by atomic mass is 9.77. The van der Waals surface area contributed by atoms with E-state index in [1.54, 1.807) is 20.8 Å². The molecular formula is C27H43FN4O4. The first kappa shape index (κ1) is 28.0. The monoisotopic (exact) mass is 506 g/mol. The van der Waals surface area contributed by atoms with Gasteiger partial charge in [0.15, 0.2) is 0 Å². The van der Waals surface area contributed by atoms with Gasteiger partial charge in [-0.05, 0) is 77.6 Å². The number of hydrogen-bond acceptors (Lipinski definition) is 5. The molecule has 36 heavy (non-hydrogen) atoms. The van der Waals surface area contributed by atoms with Crippen LogP contribution in [0, 0.1) is 11.8 Å². The van der Waals surface area contributed by atoms with E-state index in [9.17, 15) is 18.8 Å². The summed E-state index contributed by atoms with van der Waals surface area (Å²) in [7, 11) is 0. The maximum absolute atomic E-state index is 14.5. The molecule has 202 valence electrons. The van der Waals surface area contributed by atoms with Crippen molar-refractivity contribution >= 4 is 17.9 Å². The molecule has 0 spiro atoms. The van der Waals surface area contributed by atoms with Crippen LogP contribution in [0.3, 0.4) is 0 Å². The van der Waals surface area contributed by atoms with E-state index in [2.05, 4.69) is 23.8 Å². The molecule has 3 unspecified atom stereocenters. The Morgan fingerprint density at radius 2 is 1.75 bits per heavy atom. The molecule has 1 saturated heterocycles. The van der Waals surface area contributed by atoms with Gasteiger partial charge in [-0.2, -0.15) is 0 Å². The van der Waals surface area contributed by atoms with Gasteiger partial charge in [0.25, 0.3) is 0 Å². The molecule has 2 aliphatic carbocycles. The van der Waals surface area contributed by atoms with Gasteiger partial charge in [-0.15, -0.1) is 0 Å². The molecule has 0 aromatic carbocycles. The van der Waals surface area contributed by atoms with E-state index in [4.69, 9.17) is 10.5 Å². The second kappa shape index (κ2) is 11.6. The Bertz CT molecular complexity index is 860. The number of ether oxygens (including phenoxy) is 1. The molecule has 3 atom stereocenters. The third kappa shape index (κ3) is 7.46. The summed E-state index contributed by atoms with van der Waals surface area (Å²) in [4.78, 5) is 39.7. The fourth-order valence-electron chi connectivity index (χ4n) is 5.40. The van der Waals surface area contributed by atoms with Gasteiger partial charge in [0.1, 0.15) is 11.7 Å². The van der Waals surface area contributed by atoms with Crippen LogP contribution in [0.25, 0.3) is 0 Å². The minimum Gasteiger partial charge on any atom is -0.447 e. The lowest BCUT2D eigenvalue weighted by Crippen LogP contribution is -2.53. The highest BCUT2D eigenvalue weighted by molar-refractivity contribution is 5.94. The number of nitrogens with zero attached hydrogens (tertiary/aromatic N) is 1. The van der Waals surface area contributed by atoms with Gasteiger partial charge in [-0.1, -0.05) is 26.0 Å². The predicted molar refractivity (Wildman–Crippen MR) is 136 cm³/mol. The number of hydrogen-bond donors (Lipinski definition) is 3. The second-order valence-electron chi connectivity index (χ2n) is 11.3. The van der Waals surface area contributed by atoms with Crippen LogP contribution in [-0.2, 0) is 14.3 Å². The number of rotatable bonds is 11. The van der Waals surface area contributed by atoms with Crippen LogP contribution in [-0.4, -0.2) is 59.3 Å². The molecule has 4 N–H and O–H groups in total. The highest BCUT2D eigenvalue weighted by Crippen LogP contribution is 2.39. The Morgan fingerprint density at radius 1 is 1.11 bits per heavy atom. The van der Waals surface area contributed by atoms with Crippen LogP contribution >= 0.6 is 0 Å². The number of nitrogens with one attached hydrogen (secondary N) is 2. The van der Waals surface area contributed by atoms with Crippen LogP contribution in [0.1, 0.15) is 78.6 Å². The fourth-order valence-corrected chi connectivity index (χ4v) is 5.40. The van der Waals surface area contributed by atoms with Crippen molar-refractivity contribution in [2.45, 2.75) is 108 Å². The number of carbonyl (C=O) groups is 3. The molecule has 3 amide bonds. The maximum Gasteiger partial charge on any atom is 0.407 e. The molecule has 9 heteroatoms. The largest absolute Gasteiger partial charge is 0.447 e. The molecule has 3 rings (SSSR count). The Hall–Kier alpha value is -2.58. The summed E-state index contributed by atoms with van der Waals surface area (Å²) < 4.78 is 19.8. The molecule has 0 radical (unpaired) electrons. The molecule has 1 aliphatic heterocycles. The summed E-state index contributed by atoms with van der Waals surface area (Å²) in [5, 5.41) is 5.97. The molecular weight excluding hydrogens is 463 g/mol. The Kier molecular flexibility index (Phi) is 9.06. The Labute approximate surface area is 214 Å².